The average Bonchev–Trinajstić information content (AvgIpc) is 3.27. The lowest BCUT2D eigenvalue weighted by Crippen LogP contribution is -2.30. The van der Waals surface area contributed by atoms with Gasteiger partial charge >= 0.3 is 17.9 Å². The molecule has 0 radical (unpaired) electrons. The van der Waals surface area contributed by atoms with Crippen molar-refractivity contribution in [1.29, 1.82) is 0 Å². The van der Waals surface area contributed by atoms with Crippen LogP contribution >= 0.6 is 0 Å². The van der Waals surface area contributed by atoms with Gasteiger partial charge in [-0.15, -0.1) is 0 Å². The molecule has 0 aliphatic rings. The summed E-state index contributed by atoms with van der Waals surface area (Å²) in [7, 11) is 0. The van der Waals surface area contributed by atoms with Crippen molar-refractivity contribution in [3.05, 3.63) is 0 Å². The van der Waals surface area contributed by atoms with Crippen LogP contribution in [0.25, 0.3) is 0 Å². The molecule has 0 aromatic rings. The number of carbonyl (C=O) groups excluding carboxylic acids is 3. The second kappa shape index (κ2) is 49.8. The van der Waals surface area contributed by atoms with Crippen molar-refractivity contribution >= 4 is 17.9 Å². The van der Waals surface area contributed by atoms with Crippen LogP contribution in [0.15, 0.2) is 0 Å². The average molecular weight is 892 g/mol. The summed E-state index contributed by atoms with van der Waals surface area (Å²) < 4.78 is 16.9. The van der Waals surface area contributed by atoms with E-state index in [2.05, 4.69) is 34.6 Å². The summed E-state index contributed by atoms with van der Waals surface area (Å²) in [5.41, 5.74) is 0. The van der Waals surface area contributed by atoms with Crippen molar-refractivity contribution in [3.8, 4) is 0 Å². The minimum atomic E-state index is -0.762. The quantitative estimate of drug-likeness (QED) is 0.0344. The zero-order chi connectivity index (χ0) is 46.1. The van der Waals surface area contributed by atoms with E-state index < -0.39 is 6.10 Å². The Morgan fingerprint density at radius 3 is 0.905 bits per heavy atom. The molecule has 0 aliphatic carbocycles. The lowest BCUT2D eigenvalue weighted by Gasteiger charge is -2.18. The number of carbonyl (C=O) groups is 3. The Hall–Kier alpha value is -1.59. The molecule has 6 heteroatoms. The minimum Gasteiger partial charge on any atom is -0.462 e. The molecule has 2 atom stereocenters. The van der Waals surface area contributed by atoms with Gasteiger partial charge in [0.15, 0.2) is 6.10 Å². The number of rotatable bonds is 51. The Bertz CT molecular complexity index is 964. The fourth-order valence-electron chi connectivity index (χ4n) is 8.66. The van der Waals surface area contributed by atoms with Gasteiger partial charge in [-0.2, -0.15) is 0 Å². The van der Waals surface area contributed by atoms with E-state index in [1.165, 1.54) is 205 Å². The Morgan fingerprint density at radius 2 is 0.603 bits per heavy atom. The first-order valence-corrected chi connectivity index (χ1v) is 28.3. The molecule has 0 aromatic heterocycles. The number of unbranched alkanes of at least 4 members (excludes halogenated alkanes) is 35. The van der Waals surface area contributed by atoms with Crippen LogP contribution in [0, 0.1) is 11.8 Å². The summed E-state index contributed by atoms with van der Waals surface area (Å²) >= 11 is 0. The third-order valence-electron chi connectivity index (χ3n) is 13.3. The van der Waals surface area contributed by atoms with E-state index >= 15 is 0 Å². The Balaban J connectivity index is 4.29. The zero-order valence-corrected chi connectivity index (χ0v) is 43.2. The largest absolute Gasteiger partial charge is 0.462 e. The normalized spacial score (nSPS) is 12.5. The topological polar surface area (TPSA) is 78.9 Å². The van der Waals surface area contributed by atoms with Crippen molar-refractivity contribution in [2.24, 2.45) is 11.8 Å². The van der Waals surface area contributed by atoms with E-state index in [-0.39, 0.29) is 31.1 Å². The first kappa shape index (κ1) is 61.4. The molecule has 0 saturated heterocycles. The molecule has 374 valence electrons. The molecule has 0 amide bonds. The molecule has 6 nitrogen and oxygen atoms in total. The third kappa shape index (κ3) is 49.7. The predicted octanol–water partition coefficient (Wildman–Crippen LogP) is 18.5. The highest BCUT2D eigenvalue weighted by atomic mass is 16.6. The minimum absolute atomic E-state index is 0.0630. The molecule has 0 heterocycles. The smallest absolute Gasteiger partial charge is 0.306 e. The Labute approximate surface area is 393 Å². The summed E-state index contributed by atoms with van der Waals surface area (Å²) in [5.74, 6) is 0.875. The molecule has 0 aliphatic heterocycles. The molecule has 0 spiro atoms. The van der Waals surface area contributed by atoms with Gasteiger partial charge in [0.05, 0.1) is 0 Å². The standard InChI is InChI=1S/C57H110O6/c1-6-8-9-10-11-12-13-17-21-27-32-37-42-47-55(58)61-50-54(63-57(60)49-44-39-34-29-24-23-26-31-36-41-46-53(5)7-2)51-62-56(59)48-43-38-33-28-22-19-16-14-15-18-20-25-30-35-40-45-52(3)4/h52-54H,6-51H2,1-5H3/t53?,54-/m0/s1. The maximum absolute atomic E-state index is 12.8. The van der Waals surface area contributed by atoms with Gasteiger partial charge in [0.1, 0.15) is 13.2 Å². The van der Waals surface area contributed by atoms with Gasteiger partial charge in [0, 0.05) is 19.3 Å². The molecule has 0 fully saturated rings. The van der Waals surface area contributed by atoms with Crippen LogP contribution in [-0.2, 0) is 28.6 Å². The van der Waals surface area contributed by atoms with Crippen LogP contribution in [-0.4, -0.2) is 37.2 Å². The van der Waals surface area contributed by atoms with Gasteiger partial charge in [-0.05, 0) is 31.1 Å². The van der Waals surface area contributed by atoms with E-state index in [1.54, 1.807) is 0 Å². The summed E-state index contributed by atoms with van der Waals surface area (Å²) in [6.45, 7) is 11.4. The molecule has 0 saturated carbocycles. The van der Waals surface area contributed by atoms with Crippen LogP contribution < -0.4 is 0 Å². The summed E-state index contributed by atoms with van der Waals surface area (Å²) in [6, 6.07) is 0. The molecule has 0 bridgehead atoms. The van der Waals surface area contributed by atoms with E-state index in [4.69, 9.17) is 14.2 Å². The molecule has 0 aromatic carbocycles. The lowest BCUT2D eigenvalue weighted by atomic mass is 9.99. The van der Waals surface area contributed by atoms with E-state index in [1.807, 2.05) is 0 Å². The van der Waals surface area contributed by atoms with Crippen molar-refractivity contribution in [2.45, 2.75) is 323 Å². The van der Waals surface area contributed by atoms with E-state index in [0.717, 1.165) is 69.6 Å². The highest BCUT2D eigenvalue weighted by Gasteiger charge is 2.19. The summed E-state index contributed by atoms with van der Waals surface area (Å²) in [5, 5.41) is 0. The van der Waals surface area contributed by atoms with Crippen LogP contribution in [0.2, 0.25) is 0 Å². The van der Waals surface area contributed by atoms with Crippen molar-refractivity contribution < 1.29 is 28.6 Å². The lowest BCUT2D eigenvalue weighted by molar-refractivity contribution is -0.167. The van der Waals surface area contributed by atoms with Crippen LogP contribution in [0.5, 0.6) is 0 Å². The fraction of sp³-hybridized carbons (Fsp3) is 0.947. The maximum atomic E-state index is 12.8. The Morgan fingerprint density at radius 1 is 0.333 bits per heavy atom. The highest BCUT2D eigenvalue weighted by molar-refractivity contribution is 5.71. The molecule has 1 unspecified atom stereocenters. The predicted molar refractivity (Wildman–Crippen MR) is 270 cm³/mol. The number of ether oxygens (including phenoxy) is 3. The number of hydrogen-bond acceptors (Lipinski definition) is 6. The van der Waals surface area contributed by atoms with Gasteiger partial charge < -0.3 is 14.2 Å². The summed E-state index contributed by atoms with van der Waals surface area (Å²) in [4.78, 5) is 38.1. The second-order valence-corrected chi connectivity index (χ2v) is 20.3. The molecular weight excluding hydrogens is 781 g/mol. The van der Waals surface area contributed by atoms with Crippen molar-refractivity contribution in [1.82, 2.24) is 0 Å². The highest BCUT2D eigenvalue weighted by Crippen LogP contribution is 2.18. The van der Waals surface area contributed by atoms with E-state index in [9.17, 15) is 14.4 Å². The number of esters is 3. The monoisotopic (exact) mass is 891 g/mol. The van der Waals surface area contributed by atoms with Crippen molar-refractivity contribution in [2.75, 3.05) is 13.2 Å². The van der Waals surface area contributed by atoms with Gasteiger partial charge in [-0.3, -0.25) is 14.4 Å². The van der Waals surface area contributed by atoms with Crippen LogP contribution in [0.3, 0.4) is 0 Å². The third-order valence-corrected chi connectivity index (χ3v) is 13.3. The molecular formula is C57H110O6. The fourth-order valence-corrected chi connectivity index (χ4v) is 8.66. The van der Waals surface area contributed by atoms with Gasteiger partial charge in [-0.25, -0.2) is 0 Å². The SMILES string of the molecule is CCCCCCCCCCCCCCCC(=O)OC[C@@H](COC(=O)CCCCCCCCCCCCCCCCCC(C)C)OC(=O)CCCCCCCCCCCCC(C)CC. The zero-order valence-electron chi connectivity index (χ0n) is 43.2. The van der Waals surface area contributed by atoms with Crippen LogP contribution in [0.4, 0.5) is 0 Å². The first-order chi connectivity index (χ1) is 30.8. The summed E-state index contributed by atoms with van der Waals surface area (Å²) in [6.07, 6.45) is 52.2. The molecule has 63 heavy (non-hydrogen) atoms. The van der Waals surface area contributed by atoms with Crippen molar-refractivity contribution in [3.63, 3.8) is 0 Å². The van der Waals surface area contributed by atoms with E-state index in [0.29, 0.717) is 19.3 Å². The molecule has 0 rings (SSSR count). The Kier molecular flexibility index (Phi) is 48.6. The first-order valence-electron chi connectivity index (χ1n) is 28.3. The van der Waals surface area contributed by atoms with Gasteiger partial charge in [0.25, 0.3) is 0 Å². The van der Waals surface area contributed by atoms with Gasteiger partial charge in [0.2, 0.25) is 0 Å². The second-order valence-electron chi connectivity index (χ2n) is 20.3. The maximum Gasteiger partial charge on any atom is 0.306 e. The van der Waals surface area contributed by atoms with Crippen LogP contribution in [0.1, 0.15) is 317 Å². The van der Waals surface area contributed by atoms with Gasteiger partial charge in [-0.1, -0.05) is 279 Å². The molecule has 0 N–H and O–H groups in total. The number of hydrogen-bond donors (Lipinski definition) is 0.